The van der Waals surface area contributed by atoms with Gasteiger partial charge in [-0.1, -0.05) is 37.3 Å². The molecule has 0 saturated carbocycles. The highest BCUT2D eigenvalue weighted by Crippen LogP contribution is 2.35. The average Bonchev–Trinajstić information content (AvgIpc) is 2.96. The fourth-order valence-corrected chi connectivity index (χ4v) is 3.50. The van der Waals surface area contributed by atoms with E-state index in [2.05, 4.69) is 6.92 Å². The van der Waals surface area contributed by atoms with Crippen LogP contribution in [0.15, 0.2) is 30.3 Å². The highest BCUT2D eigenvalue weighted by molar-refractivity contribution is 5.16. The summed E-state index contributed by atoms with van der Waals surface area (Å²) >= 11 is 0. The van der Waals surface area contributed by atoms with Gasteiger partial charge in [-0.3, -0.25) is 0 Å². The van der Waals surface area contributed by atoms with Gasteiger partial charge in [0, 0.05) is 24.5 Å². The third-order valence-corrected chi connectivity index (χ3v) is 5.33. The molecule has 4 aliphatic heterocycles. The minimum atomic E-state index is -0.872. The summed E-state index contributed by atoms with van der Waals surface area (Å²) < 4.78 is 35.1. The van der Waals surface area contributed by atoms with Crippen molar-refractivity contribution in [3.63, 3.8) is 0 Å². The first kappa shape index (κ1) is 18.3. The van der Waals surface area contributed by atoms with E-state index < -0.39 is 5.97 Å². The van der Waals surface area contributed by atoms with Gasteiger partial charge in [-0.2, -0.15) is 0 Å². The Balaban J connectivity index is 1.16. The van der Waals surface area contributed by atoms with Gasteiger partial charge in [-0.05, 0) is 12.3 Å². The Bertz CT molecular complexity index is 549. The summed E-state index contributed by atoms with van der Waals surface area (Å²) in [6, 6.07) is 9.97. The van der Waals surface area contributed by atoms with Crippen LogP contribution < -0.4 is 0 Å². The summed E-state index contributed by atoms with van der Waals surface area (Å²) in [4.78, 5) is 0. The Morgan fingerprint density at radius 2 is 1.65 bits per heavy atom. The molecule has 0 N–H and O–H groups in total. The van der Waals surface area contributed by atoms with Crippen molar-refractivity contribution in [2.75, 3.05) is 39.6 Å². The number of benzene rings is 1. The monoisotopic (exact) mass is 364 g/mol. The smallest absolute Gasteiger partial charge is 0.282 e. The Kier molecular flexibility index (Phi) is 5.88. The van der Waals surface area contributed by atoms with Gasteiger partial charge in [0.25, 0.3) is 5.97 Å². The summed E-state index contributed by atoms with van der Waals surface area (Å²) in [5, 5.41) is 0. The van der Waals surface area contributed by atoms with Gasteiger partial charge in [0.1, 0.15) is 6.10 Å². The third-order valence-electron chi connectivity index (χ3n) is 5.33. The van der Waals surface area contributed by atoms with E-state index in [-0.39, 0.29) is 12.4 Å². The van der Waals surface area contributed by atoms with Crippen molar-refractivity contribution in [2.45, 2.75) is 38.1 Å². The second-order valence-electron chi connectivity index (χ2n) is 7.36. The van der Waals surface area contributed by atoms with Gasteiger partial charge in [0.15, 0.2) is 6.29 Å². The van der Waals surface area contributed by atoms with Crippen LogP contribution in [0.5, 0.6) is 0 Å². The largest absolute Gasteiger partial charge is 0.373 e. The molecule has 6 heteroatoms. The van der Waals surface area contributed by atoms with Crippen molar-refractivity contribution in [3.05, 3.63) is 35.9 Å². The fourth-order valence-electron chi connectivity index (χ4n) is 3.50. The highest BCUT2D eigenvalue weighted by Gasteiger charge is 2.44. The van der Waals surface area contributed by atoms with Gasteiger partial charge in [0.2, 0.25) is 0 Å². The molecule has 4 saturated heterocycles. The lowest BCUT2D eigenvalue weighted by atomic mass is 9.96. The van der Waals surface area contributed by atoms with E-state index in [4.69, 9.17) is 28.4 Å². The summed E-state index contributed by atoms with van der Waals surface area (Å²) in [6.45, 7) is 5.98. The lowest BCUT2D eigenvalue weighted by Crippen LogP contribution is -2.44. The van der Waals surface area contributed by atoms with Crippen molar-refractivity contribution in [3.8, 4) is 0 Å². The SMILES string of the molecule is C[C@@H]1COC2(CCCOC3COC(c4ccccc4)OC3)OCC1CO2. The second kappa shape index (κ2) is 8.33. The molecular formula is C20H28O6. The quantitative estimate of drug-likeness (QED) is 0.724. The van der Waals surface area contributed by atoms with Gasteiger partial charge in [-0.25, -0.2) is 0 Å². The lowest BCUT2D eigenvalue weighted by Gasteiger charge is -2.36. The molecule has 5 rings (SSSR count). The summed E-state index contributed by atoms with van der Waals surface area (Å²) in [6.07, 6.45) is 1.14. The molecule has 0 aliphatic carbocycles. The van der Waals surface area contributed by atoms with E-state index in [1.54, 1.807) is 0 Å². The number of rotatable bonds is 6. The zero-order chi connectivity index (χ0) is 17.8. The molecule has 0 unspecified atom stereocenters. The number of fused-ring (bicyclic) bond motifs is 4. The minimum absolute atomic E-state index is 0.0416. The van der Waals surface area contributed by atoms with Gasteiger partial charge < -0.3 is 28.4 Å². The molecule has 4 aliphatic rings. The second-order valence-corrected chi connectivity index (χ2v) is 7.36. The Hall–Kier alpha value is -1.02. The number of hydrogen-bond acceptors (Lipinski definition) is 6. The molecule has 6 nitrogen and oxygen atoms in total. The molecule has 1 atom stereocenters. The van der Waals surface area contributed by atoms with Crippen LogP contribution >= 0.6 is 0 Å². The van der Waals surface area contributed by atoms with Crippen molar-refractivity contribution >= 4 is 0 Å². The summed E-state index contributed by atoms with van der Waals surface area (Å²) in [7, 11) is 0. The molecule has 0 amide bonds. The Labute approximate surface area is 154 Å². The maximum absolute atomic E-state index is 5.90. The van der Waals surface area contributed by atoms with Gasteiger partial charge >= 0.3 is 0 Å². The van der Waals surface area contributed by atoms with E-state index in [1.165, 1.54) is 0 Å². The van der Waals surface area contributed by atoms with Crippen molar-refractivity contribution in [2.24, 2.45) is 11.8 Å². The molecule has 4 heterocycles. The molecule has 2 bridgehead atoms. The van der Waals surface area contributed by atoms with E-state index in [1.807, 2.05) is 30.3 Å². The number of hydrogen-bond donors (Lipinski definition) is 0. The van der Waals surface area contributed by atoms with E-state index in [9.17, 15) is 0 Å². The van der Waals surface area contributed by atoms with Crippen LogP contribution in [0.3, 0.4) is 0 Å². The predicted molar refractivity (Wildman–Crippen MR) is 93.3 cm³/mol. The summed E-state index contributed by atoms with van der Waals surface area (Å²) in [5.41, 5.74) is 1.04. The molecule has 0 aromatic heterocycles. The standard InChI is InChI=1S/C20H28O6/c1-15-10-24-20(25-11-17(15)12-26-20)8-5-9-21-18-13-22-19(23-14-18)16-6-3-2-4-7-16/h2-4,6-7,15,17-19H,5,8-14H2,1H3/t15-,17?,18?,19?,20?/m1/s1. The Morgan fingerprint density at radius 1 is 0.962 bits per heavy atom. The molecule has 1 aromatic rings. The normalized spacial score (nSPS) is 37.4. The van der Waals surface area contributed by atoms with Crippen molar-refractivity contribution < 1.29 is 28.4 Å². The average molecular weight is 364 g/mol. The lowest BCUT2D eigenvalue weighted by molar-refractivity contribution is -0.395. The zero-order valence-electron chi connectivity index (χ0n) is 15.3. The minimum Gasteiger partial charge on any atom is -0.373 e. The van der Waals surface area contributed by atoms with E-state index in [0.29, 0.717) is 57.9 Å². The maximum atomic E-state index is 5.90. The third kappa shape index (κ3) is 4.27. The van der Waals surface area contributed by atoms with Crippen LogP contribution in [0.1, 0.15) is 31.6 Å². The predicted octanol–water partition coefficient (Wildman–Crippen LogP) is 2.88. The molecular weight excluding hydrogens is 336 g/mol. The zero-order valence-corrected chi connectivity index (χ0v) is 15.3. The van der Waals surface area contributed by atoms with Crippen LogP contribution in [0.4, 0.5) is 0 Å². The molecule has 0 spiro atoms. The fraction of sp³-hybridized carbons (Fsp3) is 0.700. The molecule has 4 fully saturated rings. The Morgan fingerprint density at radius 3 is 2.38 bits per heavy atom. The first-order chi connectivity index (χ1) is 12.7. The van der Waals surface area contributed by atoms with Gasteiger partial charge in [0.05, 0.1) is 33.0 Å². The van der Waals surface area contributed by atoms with E-state index in [0.717, 1.165) is 12.0 Å². The molecule has 144 valence electrons. The van der Waals surface area contributed by atoms with Gasteiger partial charge in [-0.15, -0.1) is 0 Å². The van der Waals surface area contributed by atoms with Crippen LogP contribution in [0.2, 0.25) is 0 Å². The van der Waals surface area contributed by atoms with Crippen molar-refractivity contribution in [1.29, 1.82) is 0 Å². The first-order valence-corrected chi connectivity index (χ1v) is 9.56. The molecule has 0 radical (unpaired) electrons. The van der Waals surface area contributed by atoms with Crippen molar-refractivity contribution in [1.82, 2.24) is 0 Å². The molecule has 1 aromatic carbocycles. The topological polar surface area (TPSA) is 55.4 Å². The van der Waals surface area contributed by atoms with Crippen LogP contribution in [0.25, 0.3) is 0 Å². The molecule has 26 heavy (non-hydrogen) atoms. The maximum Gasteiger partial charge on any atom is 0.282 e. The number of ether oxygens (including phenoxy) is 6. The van der Waals surface area contributed by atoms with Crippen LogP contribution in [0, 0.1) is 11.8 Å². The van der Waals surface area contributed by atoms with Crippen LogP contribution in [-0.2, 0) is 28.4 Å². The highest BCUT2D eigenvalue weighted by atomic mass is 16.9. The van der Waals surface area contributed by atoms with E-state index >= 15 is 0 Å². The first-order valence-electron chi connectivity index (χ1n) is 9.56. The summed E-state index contributed by atoms with van der Waals surface area (Å²) in [5.74, 6) is 0.0449. The van der Waals surface area contributed by atoms with Crippen LogP contribution in [-0.4, -0.2) is 51.7 Å².